The Hall–Kier alpha value is -0.870. The third-order valence-corrected chi connectivity index (χ3v) is 4.52. The maximum absolute atomic E-state index is 12.5. The Labute approximate surface area is 126 Å². The van der Waals surface area contributed by atoms with Crippen LogP contribution in [-0.4, -0.2) is 29.2 Å². The molecule has 0 radical (unpaired) electrons. The van der Waals surface area contributed by atoms with Crippen LogP contribution in [0.4, 0.5) is 0 Å². The smallest absolute Gasteiger partial charge is 0.263 e. The predicted molar refractivity (Wildman–Crippen MR) is 86.4 cm³/mol. The minimum absolute atomic E-state index is 0.161. The van der Waals surface area contributed by atoms with Crippen molar-refractivity contribution in [1.82, 2.24) is 4.90 Å². The lowest BCUT2D eigenvalue weighted by Gasteiger charge is -2.20. The van der Waals surface area contributed by atoms with Gasteiger partial charge >= 0.3 is 0 Å². The molecule has 0 unspecified atom stereocenters. The number of unbranched alkanes of at least 4 members (excludes halogenated alkanes) is 1. The van der Waals surface area contributed by atoms with E-state index in [4.69, 9.17) is 0 Å². The SMILES string of the molecule is CCCCN(CCBr)C(=O)c1cc2ccccc2s1. The lowest BCUT2D eigenvalue weighted by molar-refractivity contribution is 0.0769. The van der Waals surface area contributed by atoms with Gasteiger partial charge in [-0.05, 0) is 23.9 Å². The summed E-state index contributed by atoms with van der Waals surface area (Å²) in [7, 11) is 0. The number of benzene rings is 1. The summed E-state index contributed by atoms with van der Waals surface area (Å²) in [5, 5.41) is 1.98. The number of rotatable bonds is 6. The molecule has 0 N–H and O–H groups in total. The van der Waals surface area contributed by atoms with Crippen LogP contribution in [0.5, 0.6) is 0 Å². The summed E-state index contributed by atoms with van der Waals surface area (Å²) < 4.78 is 1.18. The fraction of sp³-hybridized carbons (Fsp3) is 0.400. The molecule has 102 valence electrons. The van der Waals surface area contributed by atoms with E-state index >= 15 is 0 Å². The number of thiophene rings is 1. The molecule has 0 spiro atoms. The van der Waals surface area contributed by atoms with Gasteiger partial charge in [0.1, 0.15) is 0 Å². The first kappa shape index (κ1) is 14.5. The van der Waals surface area contributed by atoms with E-state index in [2.05, 4.69) is 35.0 Å². The number of carbonyl (C=O) groups is 1. The fourth-order valence-electron chi connectivity index (χ4n) is 2.01. The van der Waals surface area contributed by atoms with Gasteiger partial charge in [0.2, 0.25) is 0 Å². The number of nitrogens with zero attached hydrogens (tertiary/aromatic N) is 1. The minimum Gasteiger partial charge on any atom is -0.337 e. The molecule has 1 aromatic heterocycles. The summed E-state index contributed by atoms with van der Waals surface area (Å²) >= 11 is 5.01. The van der Waals surface area contributed by atoms with Gasteiger partial charge in [0.25, 0.3) is 5.91 Å². The monoisotopic (exact) mass is 339 g/mol. The molecular formula is C15H18BrNOS. The second kappa shape index (κ2) is 7.06. The molecule has 0 aliphatic carbocycles. The summed E-state index contributed by atoms with van der Waals surface area (Å²) in [6, 6.07) is 10.2. The standard InChI is InChI=1S/C15H18BrNOS/c1-2-3-9-17(10-8-16)15(18)14-11-12-6-4-5-7-13(12)19-14/h4-7,11H,2-3,8-10H2,1H3. The zero-order chi connectivity index (χ0) is 13.7. The van der Waals surface area contributed by atoms with Crippen molar-refractivity contribution in [3.05, 3.63) is 35.2 Å². The molecule has 0 bridgehead atoms. The Morgan fingerprint density at radius 2 is 2.11 bits per heavy atom. The Bertz CT molecular complexity index is 519. The molecule has 0 saturated heterocycles. The highest BCUT2D eigenvalue weighted by molar-refractivity contribution is 9.09. The molecule has 0 aliphatic heterocycles. The van der Waals surface area contributed by atoms with Crippen molar-refractivity contribution in [1.29, 1.82) is 0 Å². The minimum atomic E-state index is 0.161. The molecule has 2 nitrogen and oxygen atoms in total. The second-order valence-corrected chi connectivity index (χ2v) is 6.36. The van der Waals surface area contributed by atoms with Crippen LogP contribution in [0.25, 0.3) is 10.1 Å². The normalized spacial score (nSPS) is 10.8. The number of fused-ring (bicyclic) bond motifs is 1. The van der Waals surface area contributed by atoms with E-state index in [0.717, 1.165) is 41.5 Å². The number of halogens is 1. The van der Waals surface area contributed by atoms with E-state index in [1.54, 1.807) is 11.3 Å². The van der Waals surface area contributed by atoms with Crippen LogP contribution in [-0.2, 0) is 0 Å². The molecule has 1 heterocycles. The number of hydrogen-bond donors (Lipinski definition) is 0. The number of hydrogen-bond acceptors (Lipinski definition) is 2. The third-order valence-electron chi connectivity index (χ3n) is 3.06. The second-order valence-electron chi connectivity index (χ2n) is 4.48. The maximum atomic E-state index is 12.5. The lowest BCUT2D eigenvalue weighted by Crippen LogP contribution is -2.33. The van der Waals surface area contributed by atoms with Crippen LogP contribution < -0.4 is 0 Å². The maximum Gasteiger partial charge on any atom is 0.263 e. The Morgan fingerprint density at radius 1 is 1.32 bits per heavy atom. The van der Waals surface area contributed by atoms with E-state index in [1.165, 1.54) is 4.70 Å². The van der Waals surface area contributed by atoms with E-state index < -0.39 is 0 Å². The van der Waals surface area contributed by atoms with Gasteiger partial charge in [-0.1, -0.05) is 47.5 Å². The van der Waals surface area contributed by atoms with Gasteiger partial charge in [-0.25, -0.2) is 0 Å². The molecule has 2 aromatic rings. The number of carbonyl (C=O) groups excluding carboxylic acids is 1. The van der Waals surface area contributed by atoms with Crippen molar-refractivity contribution in [2.24, 2.45) is 0 Å². The van der Waals surface area contributed by atoms with Crippen LogP contribution in [0.1, 0.15) is 29.4 Å². The van der Waals surface area contributed by atoms with E-state index in [1.807, 2.05) is 23.1 Å². The van der Waals surface area contributed by atoms with Crippen molar-refractivity contribution in [2.45, 2.75) is 19.8 Å². The first-order valence-electron chi connectivity index (χ1n) is 6.60. The average Bonchev–Trinajstić information content (AvgIpc) is 2.86. The van der Waals surface area contributed by atoms with Crippen molar-refractivity contribution >= 4 is 43.3 Å². The molecule has 19 heavy (non-hydrogen) atoms. The highest BCUT2D eigenvalue weighted by Gasteiger charge is 2.17. The largest absolute Gasteiger partial charge is 0.337 e. The molecule has 1 aromatic carbocycles. The zero-order valence-electron chi connectivity index (χ0n) is 11.1. The van der Waals surface area contributed by atoms with Crippen LogP contribution in [0.2, 0.25) is 0 Å². The average molecular weight is 340 g/mol. The van der Waals surface area contributed by atoms with Crippen LogP contribution in [0, 0.1) is 0 Å². The molecule has 2 rings (SSSR count). The number of amides is 1. The quantitative estimate of drug-likeness (QED) is 0.707. The Morgan fingerprint density at radius 3 is 2.79 bits per heavy atom. The summed E-state index contributed by atoms with van der Waals surface area (Å²) in [4.78, 5) is 15.3. The van der Waals surface area contributed by atoms with Crippen LogP contribution in [0.15, 0.2) is 30.3 Å². The van der Waals surface area contributed by atoms with Crippen LogP contribution in [0.3, 0.4) is 0 Å². The highest BCUT2D eigenvalue weighted by atomic mass is 79.9. The van der Waals surface area contributed by atoms with Crippen LogP contribution >= 0.6 is 27.3 Å². The molecular weight excluding hydrogens is 322 g/mol. The zero-order valence-corrected chi connectivity index (χ0v) is 13.5. The lowest BCUT2D eigenvalue weighted by atomic mass is 10.2. The van der Waals surface area contributed by atoms with Crippen molar-refractivity contribution < 1.29 is 4.79 Å². The summed E-state index contributed by atoms with van der Waals surface area (Å²) in [6.07, 6.45) is 2.17. The summed E-state index contributed by atoms with van der Waals surface area (Å²) in [5.74, 6) is 0.161. The molecule has 0 atom stereocenters. The van der Waals surface area contributed by atoms with Gasteiger partial charge in [0.15, 0.2) is 0 Å². The van der Waals surface area contributed by atoms with E-state index in [9.17, 15) is 4.79 Å². The van der Waals surface area contributed by atoms with Crippen molar-refractivity contribution in [2.75, 3.05) is 18.4 Å². The van der Waals surface area contributed by atoms with Crippen molar-refractivity contribution in [3.8, 4) is 0 Å². The molecule has 0 fully saturated rings. The fourth-order valence-corrected chi connectivity index (χ4v) is 3.47. The topological polar surface area (TPSA) is 20.3 Å². The predicted octanol–water partition coefficient (Wildman–Crippen LogP) is 4.54. The van der Waals surface area contributed by atoms with Gasteiger partial charge in [0.05, 0.1) is 4.88 Å². The third kappa shape index (κ3) is 3.57. The van der Waals surface area contributed by atoms with Crippen molar-refractivity contribution in [3.63, 3.8) is 0 Å². The van der Waals surface area contributed by atoms with Gasteiger partial charge in [-0.3, -0.25) is 4.79 Å². The molecule has 0 saturated carbocycles. The Kier molecular flexibility index (Phi) is 5.40. The molecule has 1 amide bonds. The van der Waals surface area contributed by atoms with E-state index in [-0.39, 0.29) is 5.91 Å². The molecule has 0 aliphatic rings. The van der Waals surface area contributed by atoms with Gasteiger partial charge in [-0.15, -0.1) is 11.3 Å². The highest BCUT2D eigenvalue weighted by Crippen LogP contribution is 2.26. The van der Waals surface area contributed by atoms with Gasteiger partial charge in [0, 0.05) is 23.1 Å². The van der Waals surface area contributed by atoms with E-state index in [0.29, 0.717) is 0 Å². The first-order valence-corrected chi connectivity index (χ1v) is 8.54. The number of alkyl halides is 1. The summed E-state index contributed by atoms with van der Waals surface area (Å²) in [6.45, 7) is 3.76. The van der Waals surface area contributed by atoms with Gasteiger partial charge in [-0.2, -0.15) is 0 Å². The first-order chi connectivity index (χ1) is 9.26. The molecule has 4 heteroatoms. The Balaban J connectivity index is 2.19. The van der Waals surface area contributed by atoms with Gasteiger partial charge < -0.3 is 4.90 Å². The summed E-state index contributed by atoms with van der Waals surface area (Å²) in [5.41, 5.74) is 0.